The van der Waals surface area contributed by atoms with Crippen LogP contribution in [0.2, 0.25) is 0 Å². The van der Waals surface area contributed by atoms with Crippen LogP contribution in [0.4, 0.5) is 0 Å². The van der Waals surface area contributed by atoms with E-state index in [1.165, 1.54) is 12.2 Å². The summed E-state index contributed by atoms with van der Waals surface area (Å²) in [5.74, 6) is 2.44. The maximum absolute atomic E-state index is 4.11. The van der Waals surface area contributed by atoms with Crippen LogP contribution in [0.3, 0.4) is 0 Å². The van der Waals surface area contributed by atoms with E-state index in [0.29, 0.717) is 10.9 Å². The molecule has 0 aliphatic rings. The molecular formula is C5H14S2. The van der Waals surface area contributed by atoms with Gasteiger partial charge in [-0.15, -0.1) is 0 Å². The summed E-state index contributed by atoms with van der Waals surface area (Å²) in [5.41, 5.74) is 0. The first kappa shape index (κ1) is 7.70. The van der Waals surface area contributed by atoms with Crippen LogP contribution in [0.1, 0.15) is 6.42 Å². The van der Waals surface area contributed by atoms with E-state index in [1.807, 2.05) is 0 Å². The maximum Gasteiger partial charge on any atom is -0.00907 e. The highest BCUT2D eigenvalue weighted by Crippen LogP contribution is 2.13. The molecule has 0 nitrogen and oxygen atoms in total. The van der Waals surface area contributed by atoms with Gasteiger partial charge in [0.1, 0.15) is 0 Å². The van der Waals surface area contributed by atoms with Gasteiger partial charge in [0.15, 0.2) is 0 Å². The highest BCUT2D eigenvalue weighted by molar-refractivity contribution is 8.15. The number of thiol groups is 2. The van der Waals surface area contributed by atoms with Crippen molar-refractivity contribution in [3.63, 3.8) is 0 Å². The molecule has 0 unspecified atom stereocenters. The molecular weight excluding hydrogens is 124 g/mol. The predicted molar refractivity (Wildman–Crippen MR) is 44.2 cm³/mol. The molecule has 0 fully saturated rings. The summed E-state index contributed by atoms with van der Waals surface area (Å²) >= 11 is 4.11. The summed E-state index contributed by atoms with van der Waals surface area (Å²) in [7, 11) is 0.345. The third-order valence-corrected chi connectivity index (χ3v) is 2.29. The summed E-state index contributed by atoms with van der Waals surface area (Å²) in [6.07, 6.45) is 5.90. The SMILES string of the molecule is C[SH](C)CCCS. The van der Waals surface area contributed by atoms with E-state index in [9.17, 15) is 0 Å². The second-order valence-electron chi connectivity index (χ2n) is 1.88. The minimum atomic E-state index is 0.345. The quantitative estimate of drug-likeness (QED) is 0.543. The molecule has 0 spiro atoms. The Morgan fingerprint density at radius 1 is 1.43 bits per heavy atom. The molecule has 0 radical (unpaired) electrons. The first-order chi connectivity index (χ1) is 3.27. The average Bonchev–Trinajstić information content (AvgIpc) is 1.61. The zero-order chi connectivity index (χ0) is 5.70. The van der Waals surface area contributed by atoms with E-state index >= 15 is 0 Å². The Kier molecular flexibility index (Phi) is 5.33. The Balaban J connectivity index is 2.68. The highest BCUT2D eigenvalue weighted by Gasteiger charge is 1.84. The third kappa shape index (κ3) is 6.70. The van der Waals surface area contributed by atoms with Crippen molar-refractivity contribution >= 4 is 23.5 Å². The van der Waals surface area contributed by atoms with Crippen molar-refractivity contribution in [1.82, 2.24) is 0 Å². The van der Waals surface area contributed by atoms with Crippen molar-refractivity contribution in [3.05, 3.63) is 0 Å². The van der Waals surface area contributed by atoms with E-state index in [1.54, 1.807) is 0 Å². The lowest BCUT2D eigenvalue weighted by Crippen LogP contribution is -1.84. The zero-order valence-corrected chi connectivity index (χ0v) is 6.80. The van der Waals surface area contributed by atoms with Gasteiger partial charge in [-0.3, -0.25) is 10.9 Å². The van der Waals surface area contributed by atoms with Gasteiger partial charge in [0.2, 0.25) is 0 Å². The van der Waals surface area contributed by atoms with Gasteiger partial charge >= 0.3 is 0 Å². The number of rotatable bonds is 3. The maximum atomic E-state index is 4.11. The predicted octanol–water partition coefficient (Wildman–Crippen LogP) is 1.57. The molecule has 0 N–H and O–H groups in total. The minimum Gasteiger partial charge on any atom is -0.259 e. The van der Waals surface area contributed by atoms with Gasteiger partial charge in [0.25, 0.3) is 0 Å². The van der Waals surface area contributed by atoms with E-state index in [2.05, 4.69) is 25.1 Å². The number of hydrogen-bond donors (Lipinski definition) is 2. The molecule has 0 rings (SSSR count). The lowest BCUT2D eigenvalue weighted by atomic mass is 10.6. The molecule has 2 heteroatoms. The van der Waals surface area contributed by atoms with Crippen molar-refractivity contribution in [2.24, 2.45) is 0 Å². The summed E-state index contributed by atoms with van der Waals surface area (Å²) in [5, 5.41) is 0. The summed E-state index contributed by atoms with van der Waals surface area (Å²) in [6, 6.07) is 0. The van der Waals surface area contributed by atoms with Gasteiger partial charge in [-0.1, -0.05) is 0 Å². The van der Waals surface area contributed by atoms with Crippen LogP contribution in [-0.4, -0.2) is 24.0 Å². The van der Waals surface area contributed by atoms with E-state index in [0.717, 1.165) is 5.75 Å². The monoisotopic (exact) mass is 138 g/mol. The first-order valence-electron chi connectivity index (χ1n) is 2.53. The van der Waals surface area contributed by atoms with Crippen molar-refractivity contribution in [3.8, 4) is 0 Å². The standard InChI is InChI=1S/C5H14S2/c1-7(2)5-3-4-6/h6-7H,3-5H2,1-2H3. The van der Waals surface area contributed by atoms with Gasteiger partial charge in [0, 0.05) is 0 Å². The molecule has 0 aromatic rings. The fourth-order valence-electron chi connectivity index (χ4n) is 0.387. The third-order valence-electron chi connectivity index (χ3n) is 0.763. The van der Waals surface area contributed by atoms with Crippen molar-refractivity contribution in [1.29, 1.82) is 0 Å². The summed E-state index contributed by atoms with van der Waals surface area (Å²) in [6.45, 7) is 0. The summed E-state index contributed by atoms with van der Waals surface area (Å²) in [4.78, 5) is 0. The second kappa shape index (κ2) is 4.85. The van der Waals surface area contributed by atoms with Crippen LogP contribution in [0.15, 0.2) is 0 Å². The zero-order valence-electron chi connectivity index (χ0n) is 5.02. The fourth-order valence-corrected chi connectivity index (χ4v) is 1.59. The van der Waals surface area contributed by atoms with Crippen LogP contribution in [0.5, 0.6) is 0 Å². The molecule has 0 saturated carbocycles. The first-order valence-corrected chi connectivity index (χ1v) is 5.58. The Hall–Kier alpha value is 0.700. The van der Waals surface area contributed by atoms with Crippen molar-refractivity contribution in [2.45, 2.75) is 6.42 Å². The van der Waals surface area contributed by atoms with Gasteiger partial charge in [-0.2, -0.15) is 12.6 Å². The van der Waals surface area contributed by atoms with E-state index in [-0.39, 0.29) is 0 Å². The molecule has 0 aromatic carbocycles. The van der Waals surface area contributed by atoms with Gasteiger partial charge in [-0.25, -0.2) is 0 Å². The van der Waals surface area contributed by atoms with Gasteiger partial charge in [0.05, 0.1) is 0 Å². The van der Waals surface area contributed by atoms with Crippen molar-refractivity contribution < 1.29 is 0 Å². The molecule has 7 heavy (non-hydrogen) atoms. The molecule has 0 atom stereocenters. The van der Waals surface area contributed by atoms with Crippen LogP contribution in [0.25, 0.3) is 0 Å². The summed E-state index contributed by atoms with van der Waals surface area (Å²) < 4.78 is 0. The molecule has 0 heterocycles. The Bertz CT molecular complexity index is 35.1. The number of hydrogen-bond acceptors (Lipinski definition) is 1. The van der Waals surface area contributed by atoms with E-state index < -0.39 is 0 Å². The average molecular weight is 138 g/mol. The largest absolute Gasteiger partial charge is 0.259 e. The van der Waals surface area contributed by atoms with Crippen LogP contribution in [0, 0.1) is 0 Å². The van der Waals surface area contributed by atoms with Gasteiger partial charge < -0.3 is 0 Å². The Labute approximate surface area is 54.4 Å². The van der Waals surface area contributed by atoms with Crippen LogP contribution < -0.4 is 0 Å². The molecule has 0 saturated heterocycles. The minimum absolute atomic E-state index is 0.345. The molecule has 0 aromatic heterocycles. The van der Waals surface area contributed by atoms with Crippen molar-refractivity contribution in [2.75, 3.05) is 24.0 Å². The molecule has 46 valence electrons. The van der Waals surface area contributed by atoms with E-state index in [4.69, 9.17) is 0 Å². The second-order valence-corrected chi connectivity index (χ2v) is 4.93. The lowest BCUT2D eigenvalue weighted by Gasteiger charge is -2.04. The molecule has 0 aliphatic carbocycles. The molecule has 0 aliphatic heterocycles. The molecule has 0 amide bonds. The lowest BCUT2D eigenvalue weighted by molar-refractivity contribution is 1.13. The normalized spacial score (nSPS) is 11.6. The molecule has 0 bridgehead atoms. The van der Waals surface area contributed by atoms with Crippen LogP contribution >= 0.6 is 23.5 Å². The van der Waals surface area contributed by atoms with Gasteiger partial charge in [-0.05, 0) is 30.4 Å². The smallest absolute Gasteiger partial charge is 0.00907 e. The van der Waals surface area contributed by atoms with Crippen LogP contribution in [-0.2, 0) is 0 Å². The Morgan fingerprint density at radius 2 is 2.00 bits per heavy atom. The Morgan fingerprint density at radius 3 is 2.14 bits per heavy atom. The topological polar surface area (TPSA) is 0 Å². The fraction of sp³-hybridized carbons (Fsp3) is 1.00. The highest BCUT2D eigenvalue weighted by atomic mass is 32.2.